The van der Waals surface area contributed by atoms with Crippen LogP contribution >= 0.6 is 22.6 Å². The highest BCUT2D eigenvalue weighted by Crippen LogP contribution is 2.26. The number of anilines is 1. The van der Waals surface area contributed by atoms with Gasteiger partial charge in [-0.2, -0.15) is 0 Å². The monoisotopic (exact) mass is 298 g/mol. The van der Waals surface area contributed by atoms with E-state index in [0.717, 1.165) is 6.20 Å². The second kappa shape index (κ2) is 3.95. The van der Waals surface area contributed by atoms with Crippen molar-refractivity contribution < 1.29 is 13.6 Å². The molecule has 1 aromatic rings. The highest BCUT2D eigenvalue weighted by atomic mass is 127. The standard InChI is InChI=1S/C7H5F2IN2O/c8-6(9)3-1-12-7(11)5(10)4(3)2-13/h1-2,6H,(H2,11,12). The Morgan fingerprint density at radius 3 is 2.69 bits per heavy atom. The fraction of sp³-hybridized carbons (Fsp3) is 0.143. The number of alkyl halides is 2. The summed E-state index contributed by atoms with van der Waals surface area (Å²) in [5.74, 6) is 0.0899. The first-order valence-corrected chi connectivity index (χ1v) is 4.33. The van der Waals surface area contributed by atoms with E-state index in [-0.39, 0.29) is 20.5 Å². The summed E-state index contributed by atoms with van der Waals surface area (Å²) in [5.41, 5.74) is 4.88. The Balaban J connectivity index is 3.38. The van der Waals surface area contributed by atoms with Gasteiger partial charge >= 0.3 is 0 Å². The van der Waals surface area contributed by atoms with E-state index < -0.39 is 6.43 Å². The Morgan fingerprint density at radius 2 is 2.23 bits per heavy atom. The Hall–Kier alpha value is -0.790. The van der Waals surface area contributed by atoms with Gasteiger partial charge in [-0.25, -0.2) is 13.8 Å². The Labute approximate surface area is 86.5 Å². The Morgan fingerprint density at radius 1 is 1.62 bits per heavy atom. The van der Waals surface area contributed by atoms with Crippen LogP contribution in [0.2, 0.25) is 0 Å². The van der Waals surface area contributed by atoms with Crippen molar-refractivity contribution in [3.05, 3.63) is 20.9 Å². The van der Waals surface area contributed by atoms with Crippen molar-refractivity contribution in [3.8, 4) is 0 Å². The molecule has 0 bridgehead atoms. The Kier molecular flexibility index (Phi) is 3.12. The number of rotatable bonds is 2. The first-order chi connectivity index (χ1) is 6.07. The van der Waals surface area contributed by atoms with Crippen LogP contribution < -0.4 is 5.73 Å². The van der Waals surface area contributed by atoms with Crippen molar-refractivity contribution in [1.82, 2.24) is 4.98 Å². The van der Waals surface area contributed by atoms with E-state index in [1.807, 2.05) is 0 Å². The van der Waals surface area contributed by atoms with Crippen molar-refractivity contribution in [2.45, 2.75) is 6.43 Å². The summed E-state index contributed by atoms with van der Waals surface area (Å²) >= 11 is 1.71. The molecule has 0 fully saturated rings. The number of carbonyl (C=O) groups is 1. The first-order valence-electron chi connectivity index (χ1n) is 3.25. The summed E-state index contributed by atoms with van der Waals surface area (Å²) in [4.78, 5) is 14.0. The SMILES string of the molecule is Nc1ncc(C(F)F)c(C=O)c1I. The zero-order valence-electron chi connectivity index (χ0n) is 6.30. The van der Waals surface area contributed by atoms with Gasteiger partial charge < -0.3 is 5.73 Å². The molecule has 13 heavy (non-hydrogen) atoms. The number of aromatic nitrogens is 1. The van der Waals surface area contributed by atoms with Gasteiger partial charge in [-0.15, -0.1) is 0 Å². The van der Waals surface area contributed by atoms with E-state index in [0.29, 0.717) is 6.29 Å². The van der Waals surface area contributed by atoms with Crippen LogP contribution in [-0.2, 0) is 0 Å². The van der Waals surface area contributed by atoms with Crippen LogP contribution in [0.4, 0.5) is 14.6 Å². The van der Waals surface area contributed by atoms with E-state index >= 15 is 0 Å². The van der Waals surface area contributed by atoms with Crippen molar-refractivity contribution in [1.29, 1.82) is 0 Å². The normalized spacial score (nSPS) is 10.5. The molecule has 0 radical (unpaired) electrons. The molecule has 0 atom stereocenters. The molecule has 3 nitrogen and oxygen atoms in total. The fourth-order valence-electron chi connectivity index (χ4n) is 0.824. The van der Waals surface area contributed by atoms with Crippen LogP contribution in [-0.4, -0.2) is 11.3 Å². The Bertz CT molecular complexity index is 344. The molecule has 1 aromatic heterocycles. The van der Waals surface area contributed by atoms with Crippen LogP contribution in [0.15, 0.2) is 6.20 Å². The lowest BCUT2D eigenvalue weighted by molar-refractivity contribution is 0.110. The molecule has 2 N–H and O–H groups in total. The maximum Gasteiger partial charge on any atom is 0.266 e. The van der Waals surface area contributed by atoms with E-state index in [1.165, 1.54) is 0 Å². The van der Waals surface area contributed by atoms with E-state index in [9.17, 15) is 13.6 Å². The molecule has 0 aromatic carbocycles. The molecule has 0 saturated heterocycles. The summed E-state index contributed by atoms with van der Waals surface area (Å²) in [5, 5.41) is 0. The molecule has 0 amide bonds. The van der Waals surface area contributed by atoms with Crippen LogP contribution in [0.5, 0.6) is 0 Å². The quantitative estimate of drug-likeness (QED) is 0.671. The van der Waals surface area contributed by atoms with Gasteiger partial charge in [-0.05, 0) is 22.6 Å². The van der Waals surface area contributed by atoms with Gasteiger partial charge in [0.05, 0.1) is 3.57 Å². The summed E-state index contributed by atoms with van der Waals surface area (Å²) in [6, 6.07) is 0. The average Bonchev–Trinajstić information content (AvgIpc) is 2.09. The average molecular weight is 298 g/mol. The number of nitrogen functional groups attached to an aromatic ring is 1. The molecule has 0 spiro atoms. The molecule has 6 heteroatoms. The number of carbonyl (C=O) groups excluding carboxylic acids is 1. The molecule has 0 saturated carbocycles. The van der Waals surface area contributed by atoms with E-state index in [2.05, 4.69) is 4.98 Å². The summed E-state index contributed by atoms with van der Waals surface area (Å²) in [6.45, 7) is 0. The predicted octanol–water partition coefficient (Wildman–Crippen LogP) is 2.02. The van der Waals surface area contributed by atoms with E-state index in [1.54, 1.807) is 22.6 Å². The van der Waals surface area contributed by atoms with Gasteiger partial charge in [0.15, 0.2) is 6.29 Å². The second-order valence-corrected chi connectivity index (χ2v) is 3.32. The molecule has 0 aliphatic heterocycles. The number of hydrogen-bond acceptors (Lipinski definition) is 3. The van der Waals surface area contributed by atoms with Crippen LogP contribution in [0.25, 0.3) is 0 Å². The minimum atomic E-state index is -2.71. The van der Waals surface area contributed by atoms with Gasteiger partial charge in [0, 0.05) is 17.3 Å². The highest BCUT2D eigenvalue weighted by Gasteiger charge is 2.17. The maximum atomic E-state index is 12.3. The molecule has 1 rings (SSSR count). The molecular formula is C7H5F2IN2O. The lowest BCUT2D eigenvalue weighted by Gasteiger charge is -2.06. The third-order valence-corrected chi connectivity index (χ3v) is 2.60. The topological polar surface area (TPSA) is 56.0 Å². The smallest absolute Gasteiger partial charge is 0.266 e. The van der Waals surface area contributed by atoms with Gasteiger partial charge in [0.1, 0.15) is 5.82 Å². The molecular weight excluding hydrogens is 293 g/mol. The van der Waals surface area contributed by atoms with Crippen molar-refractivity contribution >= 4 is 34.7 Å². The van der Waals surface area contributed by atoms with Crippen molar-refractivity contribution in [2.24, 2.45) is 0 Å². The summed E-state index contributed by atoms with van der Waals surface area (Å²) in [7, 11) is 0. The largest absolute Gasteiger partial charge is 0.383 e. The fourth-order valence-corrected chi connectivity index (χ4v) is 1.40. The summed E-state index contributed by atoms with van der Waals surface area (Å²) in [6.07, 6.45) is -1.42. The van der Waals surface area contributed by atoms with Crippen molar-refractivity contribution in [3.63, 3.8) is 0 Å². The minimum absolute atomic E-state index is 0.0805. The number of hydrogen-bond donors (Lipinski definition) is 1. The number of nitrogens with zero attached hydrogens (tertiary/aromatic N) is 1. The maximum absolute atomic E-state index is 12.3. The zero-order chi connectivity index (χ0) is 10.0. The van der Waals surface area contributed by atoms with Gasteiger partial charge in [0.2, 0.25) is 0 Å². The number of halogens is 3. The van der Waals surface area contributed by atoms with Gasteiger partial charge in [0.25, 0.3) is 6.43 Å². The summed E-state index contributed by atoms with van der Waals surface area (Å²) < 4.78 is 24.8. The predicted molar refractivity (Wildman–Crippen MR) is 51.7 cm³/mol. The lowest BCUT2D eigenvalue weighted by atomic mass is 10.1. The zero-order valence-corrected chi connectivity index (χ0v) is 8.46. The molecule has 70 valence electrons. The molecule has 0 aliphatic rings. The number of aldehydes is 1. The van der Waals surface area contributed by atoms with Gasteiger partial charge in [-0.3, -0.25) is 4.79 Å². The molecule has 0 unspecified atom stereocenters. The third kappa shape index (κ3) is 1.93. The minimum Gasteiger partial charge on any atom is -0.383 e. The number of nitrogens with two attached hydrogens (primary N) is 1. The molecule has 0 aliphatic carbocycles. The molecule has 1 heterocycles. The highest BCUT2D eigenvalue weighted by molar-refractivity contribution is 14.1. The van der Waals surface area contributed by atoms with E-state index in [4.69, 9.17) is 5.73 Å². The van der Waals surface area contributed by atoms with Crippen LogP contribution in [0.1, 0.15) is 22.3 Å². The van der Waals surface area contributed by atoms with Crippen molar-refractivity contribution in [2.75, 3.05) is 5.73 Å². The van der Waals surface area contributed by atoms with Gasteiger partial charge in [-0.1, -0.05) is 0 Å². The van der Waals surface area contributed by atoms with Crippen LogP contribution in [0, 0.1) is 3.57 Å². The third-order valence-electron chi connectivity index (χ3n) is 1.47. The first kappa shape index (κ1) is 10.3. The number of pyridine rings is 1. The lowest BCUT2D eigenvalue weighted by Crippen LogP contribution is -2.03. The van der Waals surface area contributed by atoms with Crippen LogP contribution in [0.3, 0.4) is 0 Å². The second-order valence-electron chi connectivity index (χ2n) is 2.24.